The van der Waals surface area contributed by atoms with Crippen molar-refractivity contribution >= 4 is 0 Å². The lowest BCUT2D eigenvalue weighted by Gasteiger charge is -2.14. The molecular weight excluding hydrogens is 188 g/mol. The highest BCUT2D eigenvalue weighted by Crippen LogP contribution is 2.09. The number of aromatic nitrogens is 2. The second-order valence-corrected chi connectivity index (χ2v) is 4.35. The maximum absolute atomic E-state index is 4.18. The van der Waals surface area contributed by atoms with E-state index in [0.29, 0.717) is 6.04 Å². The van der Waals surface area contributed by atoms with Crippen molar-refractivity contribution in [3.8, 4) is 0 Å². The molecule has 1 aliphatic rings. The normalized spacial score (nSPS) is 22.4. The van der Waals surface area contributed by atoms with Gasteiger partial charge < -0.3 is 10.2 Å². The number of likely N-dealkylation sites (N-methyl/N-ethyl adjacent to an activating group) is 1. The number of nitrogens with one attached hydrogen (secondary N) is 1. The molecule has 1 fully saturated rings. The molecule has 0 spiro atoms. The van der Waals surface area contributed by atoms with Gasteiger partial charge in [-0.25, -0.2) is 0 Å². The van der Waals surface area contributed by atoms with Crippen LogP contribution in [0, 0.1) is 0 Å². The van der Waals surface area contributed by atoms with E-state index in [1.54, 1.807) is 0 Å². The van der Waals surface area contributed by atoms with Crippen molar-refractivity contribution in [1.29, 1.82) is 0 Å². The fraction of sp³-hybridized carbons (Fsp3) is 0.727. The van der Waals surface area contributed by atoms with Crippen molar-refractivity contribution in [3.05, 3.63) is 18.0 Å². The average Bonchev–Trinajstić information content (AvgIpc) is 2.83. The third kappa shape index (κ3) is 2.79. The summed E-state index contributed by atoms with van der Waals surface area (Å²) in [6.07, 6.45) is 6.46. The van der Waals surface area contributed by atoms with Crippen LogP contribution in [0.4, 0.5) is 0 Å². The lowest BCUT2D eigenvalue weighted by Crippen LogP contribution is -2.30. The number of hydrogen-bond donors (Lipinski definition) is 1. The van der Waals surface area contributed by atoms with E-state index in [2.05, 4.69) is 28.6 Å². The molecule has 4 nitrogen and oxygen atoms in total. The van der Waals surface area contributed by atoms with Gasteiger partial charge in [-0.1, -0.05) is 0 Å². The molecule has 0 saturated carbocycles. The molecule has 0 bridgehead atoms. The summed E-state index contributed by atoms with van der Waals surface area (Å²) in [4.78, 5) is 2.52. The Morgan fingerprint density at radius 2 is 2.47 bits per heavy atom. The molecule has 1 N–H and O–H groups in total. The van der Waals surface area contributed by atoms with Gasteiger partial charge in [0.05, 0.1) is 6.20 Å². The molecule has 0 aliphatic carbocycles. The molecule has 1 aliphatic heterocycles. The molecule has 4 heteroatoms. The lowest BCUT2D eigenvalue weighted by molar-refractivity contribution is 0.334. The summed E-state index contributed by atoms with van der Waals surface area (Å²) < 4.78 is 1.87. The summed E-state index contributed by atoms with van der Waals surface area (Å²) >= 11 is 0. The minimum absolute atomic E-state index is 0.693. The van der Waals surface area contributed by atoms with Crippen LogP contribution in [0.15, 0.2) is 12.4 Å². The van der Waals surface area contributed by atoms with Gasteiger partial charge in [0.25, 0.3) is 0 Å². The third-order valence-corrected chi connectivity index (χ3v) is 3.16. The SMILES string of the molecule is CNC1CCN(CCc2cnn(C)c2)C1. The zero-order valence-corrected chi connectivity index (χ0v) is 9.61. The molecule has 2 heterocycles. The van der Waals surface area contributed by atoms with Crippen molar-refractivity contribution in [2.75, 3.05) is 26.7 Å². The minimum Gasteiger partial charge on any atom is -0.316 e. The number of aryl methyl sites for hydroxylation is 1. The van der Waals surface area contributed by atoms with Crippen molar-refractivity contribution in [2.24, 2.45) is 7.05 Å². The summed E-state index contributed by atoms with van der Waals surface area (Å²) in [5.74, 6) is 0. The van der Waals surface area contributed by atoms with Gasteiger partial charge in [-0.2, -0.15) is 5.10 Å². The summed E-state index contributed by atoms with van der Waals surface area (Å²) in [6.45, 7) is 3.58. The zero-order valence-electron chi connectivity index (χ0n) is 9.61. The second-order valence-electron chi connectivity index (χ2n) is 4.35. The van der Waals surface area contributed by atoms with Gasteiger partial charge in [0.15, 0.2) is 0 Å². The van der Waals surface area contributed by atoms with Crippen LogP contribution in [0.3, 0.4) is 0 Å². The van der Waals surface area contributed by atoms with Gasteiger partial charge >= 0.3 is 0 Å². The molecule has 0 aromatic carbocycles. The number of hydrogen-bond acceptors (Lipinski definition) is 3. The predicted octanol–water partition coefficient (Wildman–Crippen LogP) is 0.256. The summed E-state index contributed by atoms with van der Waals surface area (Å²) in [5.41, 5.74) is 1.34. The van der Waals surface area contributed by atoms with E-state index in [1.165, 1.54) is 25.1 Å². The number of likely N-dealkylation sites (tertiary alicyclic amines) is 1. The molecule has 2 rings (SSSR count). The standard InChI is InChI=1S/C11H20N4/c1-12-11-4-6-15(9-11)5-3-10-7-13-14(2)8-10/h7-8,11-12H,3-6,9H2,1-2H3. The maximum atomic E-state index is 4.18. The Hall–Kier alpha value is -0.870. The Kier molecular flexibility index (Phi) is 3.38. The fourth-order valence-corrected chi connectivity index (χ4v) is 2.16. The molecule has 0 radical (unpaired) electrons. The minimum atomic E-state index is 0.693. The Balaban J connectivity index is 1.75. The van der Waals surface area contributed by atoms with Gasteiger partial charge in [-0.3, -0.25) is 4.68 Å². The number of nitrogens with zero attached hydrogens (tertiary/aromatic N) is 3. The predicted molar refractivity (Wildman–Crippen MR) is 60.8 cm³/mol. The Labute approximate surface area is 91.3 Å². The topological polar surface area (TPSA) is 33.1 Å². The molecule has 1 atom stereocenters. The fourth-order valence-electron chi connectivity index (χ4n) is 2.16. The number of rotatable bonds is 4. The first-order chi connectivity index (χ1) is 7.28. The quantitative estimate of drug-likeness (QED) is 0.770. The van der Waals surface area contributed by atoms with Crippen LogP contribution in [0.1, 0.15) is 12.0 Å². The smallest absolute Gasteiger partial charge is 0.0522 e. The highest BCUT2D eigenvalue weighted by Gasteiger charge is 2.20. The largest absolute Gasteiger partial charge is 0.316 e. The Morgan fingerprint density at radius 1 is 1.60 bits per heavy atom. The van der Waals surface area contributed by atoms with E-state index in [0.717, 1.165) is 13.0 Å². The Bertz CT molecular complexity index is 307. The third-order valence-electron chi connectivity index (χ3n) is 3.16. The van der Waals surface area contributed by atoms with Gasteiger partial charge in [-0.05, 0) is 32.0 Å². The van der Waals surface area contributed by atoms with Crippen molar-refractivity contribution < 1.29 is 0 Å². The average molecular weight is 208 g/mol. The molecule has 1 saturated heterocycles. The van der Waals surface area contributed by atoms with Gasteiger partial charge in [0.2, 0.25) is 0 Å². The molecule has 1 aromatic rings. The van der Waals surface area contributed by atoms with Gasteiger partial charge in [0.1, 0.15) is 0 Å². The monoisotopic (exact) mass is 208 g/mol. The van der Waals surface area contributed by atoms with E-state index in [1.807, 2.05) is 17.9 Å². The summed E-state index contributed by atoms with van der Waals surface area (Å²) in [5, 5.41) is 7.52. The van der Waals surface area contributed by atoms with Crippen LogP contribution >= 0.6 is 0 Å². The molecule has 1 unspecified atom stereocenters. The molecule has 84 valence electrons. The van der Waals surface area contributed by atoms with Crippen LogP contribution in [0.5, 0.6) is 0 Å². The van der Waals surface area contributed by atoms with E-state index in [4.69, 9.17) is 0 Å². The molecule has 1 aromatic heterocycles. The van der Waals surface area contributed by atoms with Crippen LogP contribution in [-0.4, -0.2) is 47.4 Å². The lowest BCUT2D eigenvalue weighted by atomic mass is 10.2. The second kappa shape index (κ2) is 4.77. The molecule has 0 amide bonds. The van der Waals surface area contributed by atoms with Gasteiger partial charge in [0, 0.05) is 32.4 Å². The van der Waals surface area contributed by atoms with E-state index < -0.39 is 0 Å². The molecular formula is C11H20N4. The van der Waals surface area contributed by atoms with E-state index in [-0.39, 0.29) is 0 Å². The highest BCUT2D eigenvalue weighted by atomic mass is 15.2. The van der Waals surface area contributed by atoms with Crippen molar-refractivity contribution in [2.45, 2.75) is 18.9 Å². The first-order valence-electron chi connectivity index (χ1n) is 5.65. The summed E-state index contributed by atoms with van der Waals surface area (Å²) in [7, 11) is 4.02. The van der Waals surface area contributed by atoms with E-state index >= 15 is 0 Å². The Morgan fingerprint density at radius 3 is 3.07 bits per heavy atom. The maximum Gasteiger partial charge on any atom is 0.0522 e. The summed E-state index contributed by atoms with van der Waals surface area (Å²) in [6, 6.07) is 0.693. The van der Waals surface area contributed by atoms with Crippen LogP contribution in [-0.2, 0) is 13.5 Å². The van der Waals surface area contributed by atoms with Crippen molar-refractivity contribution in [1.82, 2.24) is 20.0 Å². The van der Waals surface area contributed by atoms with Crippen LogP contribution in [0.2, 0.25) is 0 Å². The van der Waals surface area contributed by atoms with E-state index in [9.17, 15) is 0 Å². The van der Waals surface area contributed by atoms with Crippen molar-refractivity contribution in [3.63, 3.8) is 0 Å². The molecule has 15 heavy (non-hydrogen) atoms. The van der Waals surface area contributed by atoms with Crippen LogP contribution in [0.25, 0.3) is 0 Å². The highest BCUT2D eigenvalue weighted by molar-refractivity contribution is 5.04. The van der Waals surface area contributed by atoms with Crippen LogP contribution < -0.4 is 5.32 Å². The zero-order chi connectivity index (χ0) is 10.7. The first kappa shape index (κ1) is 10.6. The van der Waals surface area contributed by atoms with Gasteiger partial charge in [-0.15, -0.1) is 0 Å². The first-order valence-corrected chi connectivity index (χ1v) is 5.65.